The van der Waals surface area contributed by atoms with Crippen molar-refractivity contribution in [2.45, 2.75) is 67.2 Å². The van der Waals surface area contributed by atoms with Crippen molar-refractivity contribution in [3.05, 3.63) is 70.3 Å². The molecule has 1 heterocycles. The Labute approximate surface area is 239 Å². The van der Waals surface area contributed by atoms with Crippen molar-refractivity contribution in [2.75, 3.05) is 0 Å². The predicted octanol–water partition coefficient (Wildman–Crippen LogP) is 6.48. The Bertz CT molecular complexity index is 1470. The van der Waals surface area contributed by atoms with Crippen molar-refractivity contribution in [1.29, 1.82) is 0 Å². The van der Waals surface area contributed by atoms with Crippen LogP contribution in [0.4, 0.5) is 0 Å². The van der Waals surface area contributed by atoms with Gasteiger partial charge in [0.15, 0.2) is 17.3 Å². The number of fused-ring (bicyclic) bond motifs is 1. The summed E-state index contributed by atoms with van der Waals surface area (Å²) in [6, 6.07) is 4.49. The third-order valence-electron chi connectivity index (χ3n) is 5.96. The quantitative estimate of drug-likeness (QED) is 0.157. The predicted molar refractivity (Wildman–Crippen MR) is 154 cm³/mol. The number of carbonyl (C=O) groups is 3. The van der Waals surface area contributed by atoms with Gasteiger partial charge in [-0.1, -0.05) is 18.7 Å². The van der Waals surface area contributed by atoms with Crippen LogP contribution in [-0.4, -0.2) is 23.0 Å². The largest absolute Gasteiger partial charge is 0.478 e. The molecule has 41 heavy (non-hydrogen) atoms. The van der Waals surface area contributed by atoms with Gasteiger partial charge in [-0.25, -0.2) is 4.79 Å². The molecular weight excluding hydrogens is 528 g/mol. The zero-order valence-electron chi connectivity index (χ0n) is 24.3. The van der Waals surface area contributed by atoms with Gasteiger partial charge in [-0.15, -0.1) is 0 Å². The third kappa shape index (κ3) is 8.06. The Morgan fingerprint density at radius 1 is 1.00 bits per heavy atom. The molecule has 1 aliphatic rings. The molecule has 9 heteroatoms. The fraction of sp³-hybridized carbons (Fsp3) is 0.375. The molecule has 0 spiro atoms. The average Bonchev–Trinajstić information content (AvgIpc) is 2.88. The van der Waals surface area contributed by atoms with Crippen LogP contribution in [0.1, 0.15) is 72.1 Å². The van der Waals surface area contributed by atoms with E-state index in [1.807, 2.05) is 6.08 Å². The molecule has 3 rings (SSSR count). The maximum atomic E-state index is 13.6. The van der Waals surface area contributed by atoms with Gasteiger partial charge in [0, 0.05) is 23.6 Å². The SMILES string of the molecule is C=C(CC/C=C/C(=O)O)Oc1c(-c2ccc(OC(=O)C(C)(C)C)c(OC(=O)C(C)(C)C)c2)oc2c(c1=O)CCC=C2. The number of ether oxygens (including phenoxy) is 3. The van der Waals surface area contributed by atoms with Crippen LogP contribution in [0.15, 0.2) is 58.0 Å². The van der Waals surface area contributed by atoms with E-state index in [1.54, 1.807) is 53.7 Å². The lowest BCUT2D eigenvalue weighted by Gasteiger charge is -2.21. The fourth-order valence-corrected chi connectivity index (χ4v) is 3.59. The second kappa shape index (κ2) is 12.4. The molecule has 0 unspecified atom stereocenters. The van der Waals surface area contributed by atoms with Gasteiger partial charge in [0.25, 0.3) is 0 Å². The Hall–Kier alpha value is -4.40. The van der Waals surface area contributed by atoms with Crippen molar-refractivity contribution in [2.24, 2.45) is 10.8 Å². The van der Waals surface area contributed by atoms with Gasteiger partial charge in [0.2, 0.25) is 11.2 Å². The smallest absolute Gasteiger partial charge is 0.327 e. The summed E-state index contributed by atoms with van der Waals surface area (Å²) < 4.78 is 23.3. The molecule has 1 N–H and O–H groups in total. The molecule has 0 radical (unpaired) electrons. The maximum absolute atomic E-state index is 13.6. The third-order valence-corrected chi connectivity index (χ3v) is 5.96. The molecule has 0 atom stereocenters. The Morgan fingerprint density at radius 3 is 2.24 bits per heavy atom. The number of esters is 2. The lowest BCUT2D eigenvalue weighted by atomic mass is 9.97. The van der Waals surface area contributed by atoms with E-state index in [1.165, 1.54) is 18.2 Å². The highest BCUT2D eigenvalue weighted by Crippen LogP contribution is 2.39. The van der Waals surface area contributed by atoms with E-state index < -0.39 is 28.7 Å². The van der Waals surface area contributed by atoms with E-state index in [2.05, 4.69) is 6.58 Å². The van der Waals surface area contributed by atoms with E-state index in [-0.39, 0.29) is 40.6 Å². The first-order valence-corrected chi connectivity index (χ1v) is 13.3. The molecular formula is C32H36O9. The number of carboxylic acid groups (broad SMARTS) is 1. The van der Waals surface area contributed by atoms with Crippen molar-refractivity contribution >= 4 is 24.0 Å². The minimum atomic E-state index is -1.07. The van der Waals surface area contributed by atoms with Crippen LogP contribution >= 0.6 is 0 Å². The number of hydrogen-bond acceptors (Lipinski definition) is 8. The number of rotatable bonds is 9. The summed E-state index contributed by atoms with van der Waals surface area (Å²) in [4.78, 5) is 49.8. The minimum absolute atomic E-state index is 0.0282. The van der Waals surface area contributed by atoms with Crippen LogP contribution in [0.3, 0.4) is 0 Å². The van der Waals surface area contributed by atoms with Gasteiger partial charge >= 0.3 is 17.9 Å². The zero-order valence-corrected chi connectivity index (χ0v) is 24.3. The van der Waals surface area contributed by atoms with Crippen molar-refractivity contribution in [1.82, 2.24) is 0 Å². The number of carboxylic acids is 1. The van der Waals surface area contributed by atoms with Gasteiger partial charge in [0.1, 0.15) is 5.76 Å². The van der Waals surface area contributed by atoms with Gasteiger partial charge in [0.05, 0.1) is 16.6 Å². The monoisotopic (exact) mass is 564 g/mol. The molecule has 9 nitrogen and oxygen atoms in total. The van der Waals surface area contributed by atoms with Gasteiger partial charge in [-0.2, -0.15) is 0 Å². The normalized spacial score (nSPS) is 13.0. The molecule has 1 aromatic heterocycles. The first-order valence-electron chi connectivity index (χ1n) is 13.3. The lowest BCUT2D eigenvalue weighted by molar-refractivity contribution is -0.145. The van der Waals surface area contributed by atoms with Crippen LogP contribution in [0.5, 0.6) is 17.2 Å². The van der Waals surface area contributed by atoms with Crippen molar-refractivity contribution < 1.29 is 38.1 Å². The maximum Gasteiger partial charge on any atom is 0.327 e. The summed E-state index contributed by atoms with van der Waals surface area (Å²) in [5, 5.41) is 8.80. The summed E-state index contributed by atoms with van der Waals surface area (Å²) in [6.07, 6.45) is 7.83. The molecule has 1 aromatic carbocycles. The van der Waals surface area contributed by atoms with Crippen LogP contribution in [-0.2, 0) is 20.8 Å². The molecule has 0 aliphatic heterocycles. The van der Waals surface area contributed by atoms with Crippen molar-refractivity contribution in [3.63, 3.8) is 0 Å². The van der Waals surface area contributed by atoms with E-state index in [0.717, 1.165) is 6.08 Å². The zero-order chi connectivity index (χ0) is 30.5. The standard InChI is InChI=1S/C32H36O9/c1-19(12-8-11-15-25(33)34)38-28-26(35)21-13-9-10-14-22(21)39-27(28)20-16-17-23(40-29(36)31(2,3)4)24(18-20)41-30(37)32(5,6)7/h10-11,14-18H,1,8-9,12-13H2,2-7H3,(H,33,34)/b15-11+. The summed E-state index contributed by atoms with van der Waals surface area (Å²) in [7, 11) is 0. The number of aliphatic carboxylic acids is 1. The van der Waals surface area contributed by atoms with Gasteiger partial charge in [-0.3, -0.25) is 14.4 Å². The van der Waals surface area contributed by atoms with Crippen molar-refractivity contribution in [3.8, 4) is 28.6 Å². The highest BCUT2D eigenvalue weighted by Gasteiger charge is 2.30. The number of carbonyl (C=O) groups excluding carboxylic acids is 2. The summed E-state index contributed by atoms with van der Waals surface area (Å²) in [5.74, 6) is -1.56. The second-order valence-corrected chi connectivity index (χ2v) is 11.7. The molecule has 0 saturated heterocycles. The van der Waals surface area contributed by atoms with Crippen LogP contribution in [0, 0.1) is 10.8 Å². The average molecular weight is 565 g/mol. The lowest BCUT2D eigenvalue weighted by Crippen LogP contribution is -2.27. The molecule has 0 bridgehead atoms. The molecule has 1 aliphatic carbocycles. The number of hydrogen-bond donors (Lipinski definition) is 1. The number of benzene rings is 1. The van der Waals surface area contributed by atoms with E-state index in [9.17, 15) is 19.2 Å². The number of allylic oxidation sites excluding steroid dienone is 3. The highest BCUT2D eigenvalue weighted by molar-refractivity contribution is 5.82. The van der Waals surface area contributed by atoms with E-state index in [4.69, 9.17) is 23.7 Å². The Morgan fingerprint density at radius 2 is 1.63 bits per heavy atom. The molecule has 2 aromatic rings. The minimum Gasteiger partial charge on any atom is -0.478 e. The van der Waals surface area contributed by atoms with E-state index in [0.29, 0.717) is 36.1 Å². The summed E-state index contributed by atoms with van der Waals surface area (Å²) >= 11 is 0. The molecule has 0 fully saturated rings. The molecule has 0 saturated carbocycles. The van der Waals surface area contributed by atoms with Crippen LogP contribution in [0.2, 0.25) is 0 Å². The highest BCUT2D eigenvalue weighted by atomic mass is 16.6. The van der Waals surface area contributed by atoms with Gasteiger partial charge < -0.3 is 23.7 Å². The topological polar surface area (TPSA) is 129 Å². The Kier molecular flexibility index (Phi) is 9.42. The first kappa shape index (κ1) is 31.1. The molecule has 0 amide bonds. The Balaban J connectivity index is 2.11. The summed E-state index contributed by atoms with van der Waals surface area (Å²) in [6.45, 7) is 14.1. The van der Waals surface area contributed by atoms with Crippen LogP contribution < -0.4 is 19.6 Å². The fourth-order valence-electron chi connectivity index (χ4n) is 3.59. The van der Waals surface area contributed by atoms with Crippen LogP contribution in [0.25, 0.3) is 17.4 Å². The molecule has 218 valence electrons. The summed E-state index contributed by atoms with van der Waals surface area (Å²) in [5.41, 5.74) is -1.25. The first-order chi connectivity index (χ1) is 19.1. The van der Waals surface area contributed by atoms with E-state index >= 15 is 0 Å². The van der Waals surface area contributed by atoms with Gasteiger partial charge in [-0.05, 0) is 85.1 Å². The second-order valence-electron chi connectivity index (χ2n) is 11.7.